The third-order valence-corrected chi connectivity index (χ3v) is 4.00. The number of anilines is 1. The van der Waals surface area contributed by atoms with Crippen molar-refractivity contribution < 1.29 is 4.74 Å². The third-order valence-electron chi connectivity index (χ3n) is 3.20. The van der Waals surface area contributed by atoms with E-state index in [0.717, 1.165) is 17.4 Å². The Bertz CT molecular complexity index is 563. The van der Waals surface area contributed by atoms with Gasteiger partial charge in [-0.05, 0) is 43.5 Å². The molecular formula is C15H20N2OS. The van der Waals surface area contributed by atoms with Gasteiger partial charge in [-0.1, -0.05) is 6.07 Å². The maximum absolute atomic E-state index is 5.02. The van der Waals surface area contributed by atoms with Gasteiger partial charge in [0.25, 0.3) is 0 Å². The summed E-state index contributed by atoms with van der Waals surface area (Å²) in [6.45, 7) is 7.90. The molecule has 0 unspecified atom stereocenters. The van der Waals surface area contributed by atoms with E-state index >= 15 is 0 Å². The van der Waals surface area contributed by atoms with E-state index in [0.29, 0.717) is 6.61 Å². The molecule has 1 aromatic heterocycles. The highest BCUT2D eigenvalue weighted by Crippen LogP contribution is 2.29. The van der Waals surface area contributed by atoms with E-state index in [1.54, 1.807) is 18.4 Å². The Hall–Kier alpha value is -1.39. The largest absolute Gasteiger partial charge is 0.383 e. The Labute approximate surface area is 118 Å². The number of nitrogens with zero attached hydrogens (tertiary/aromatic N) is 1. The van der Waals surface area contributed by atoms with Crippen LogP contribution in [0.2, 0.25) is 0 Å². The molecule has 0 aliphatic rings. The fourth-order valence-corrected chi connectivity index (χ4v) is 2.71. The predicted octanol–water partition coefficient (Wildman–Crippen LogP) is 3.79. The number of aryl methyl sites for hydroxylation is 3. The second kappa shape index (κ2) is 6.17. The molecule has 0 fully saturated rings. The molecule has 1 heterocycles. The first kappa shape index (κ1) is 14.0. The van der Waals surface area contributed by atoms with Crippen LogP contribution in [0.4, 0.5) is 5.13 Å². The zero-order chi connectivity index (χ0) is 13.8. The van der Waals surface area contributed by atoms with Gasteiger partial charge in [-0.15, -0.1) is 11.3 Å². The van der Waals surface area contributed by atoms with Gasteiger partial charge in [0.05, 0.1) is 12.3 Å². The second-order valence-electron chi connectivity index (χ2n) is 4.71. The van der Waals surface area contributed by atoms with Crippen LogP contribution in [0.1, 0.15) is 16.7 Å². The molecule has 3 nitrogen and oxygen atoms in total. The van der Waals surface area contributed by atoms with Crippen molar-refractivity contribution in [3.8, 4) is 11.3 Å². The van der Waals surface area contributed by atoms with Crippen LogP contribution in [0.3, 0.4) is 0 Å². The summed E-state index contributed by atoms with van der Waals surface area (Å²) in [6, 6.07) is 4.45. The topological polar surface area (TPSA) is 34.1 Å². The number of rotatable bonds is 5. The summed E-state index contributed by atoms with van der Waals surface area (Å²) in [5.41, 5.74) is 6.18. The minimum absolute atomic E-state index is 0.692. The summed E-state index contributed by atoms with van der Waals surface area (Å²) in [6.07, 6.45) is 0. The van der Waals surface area contributed by atoms with Crippen LogP contribution in [0, 0.1) is 20.8 Å². The highest BCUT2D eigenvalue weighted by molar-refractivity contribution is 7.14. The molecule has 0 spiro atoms. The van der Waals surface area contributed by atoms with Crippen LogP contribution in [0.25, 0.3) is 11.3 Å². The van der Waals surface area contributed by atoms with E-state index in [9.17, 15) is 0 Å². The number of ether oxygens (including phenoxy) is 1. The van der Waals surface area contributed by atoms with Crippen molar-refractivity contribution in [2.45, 2.75) is 20.8 Å². The maximum atomic E-state index is 5.02. The third kappa shape index (κ3) is 3.33. The van der Waals surface area contributed by atoms with Crippen LogP contribution in [0.5, 0.6) is 0 Å². The number of hydrogen-bond acceptors (Lipinski definition) is 4. The Morgan fingerprint density at radius 1 is 1.16 bits per heavy atom. The quantitative estimate of drug-likeness (QED) is 0.844. The Morgan fingerprint density at radius 2 is 1.89 bits per heavy atom. The molecule has 4 heteroatoms. The van der Waals surface area contributed by atoms with Gasteiger partial charge < -0.3 is 10.1 Å². The average molecular weight is 276 g/mol. The van der Waals surface area contributed by atoms with Crippen molar-refractivity contribution in [2.24, 2.45) is 0 Å². The van der Waals surface area contributed by atoms with Gasteiger partial charge in [0, 0.05) is 24.6 Å². The molecule has 0 atom stereocenters. The van der Waals surface area contributed by atoms with E-state index in [1.165, 1.54) is 22.3 Å². The molecule has 102 valence electrons. The molecule has 0 saturated heterocycles. The van der Waals surface area contributed by atoms with Gasteiger partial charge in [0.2, 0.25) is 0 Å². The zero-order valence-corrected chi connectivity index (χ0v) is 12.7. The molecular weight excluding hydrogens is 256 g/mol. The van der Waals surface area contributed by atoms with Gasteiger partial charge in [-0.3, -0.25) is 0 Å². The summed E-state index contributed by atoms with van der Waals surface area (Å²) in [4.78, 5) is 4.64. The molecule has 19 heavy (non-hydrogen) atoms. The average Bonchev–Trinajstić information content (AvgIpc) is 2.83. The van der Waals surface area contributed by atoms with E-state index < -0.39 is 0 Å². The summed E-state index contributed by atoms with van der Waals surface area (Å²) in [5, 5.41) is 6.32. The molecule has 0 amide bonds. The highest BCUT2D eigenvalue weighted by atomic mass is 32.1. The second-order valence-corrected chi connectivity index (χ2v) is 5.57. The molecule has 0 radical (unpaired) electrons. The standard InChI is InChI=1S/C15H20N2OS/c1-10-7-12(3)13(8-11(10)2)14-9-19-15(17-14)16-5-6-18-4/h7-9H,5-6H2,1-4H3,(H,16,17). The van der Waals surface area contributed by atoms with Crippen LogP contribution in [-0.2, 0) is 4.74 Å². The number of thiazole rings is 1. The van der Waals surface area contributed by atoms with Crippen molar-refractivity contribution >= 4 is 16.5 Å². The van der Waals surface area contributed by atoms with E-state index in [2.05, 4.69) is 48.6 Å². The zero-order valence-electron chi connectivity index (χ0n) is 11.9. The summed E-state index contributed by atoms with van der Waals surface area (Å²) in [7, 11) is 1.70. The van der Waals surface area contributed by atoms with Crippen LogP contribution in [-0.4, -0.2) is 25.2 Å². The van der Waals surface area contributed by atoms with Crippen LogP contribution in [0.15, 0.2) is 17.5 Å². The molecule has 0 saturated carbocycles. The van der Waals surface area contributed by atoms with E-state index in [-0.39, 0.29) is 0 Å². The lowest BCUT2D eigenvalue weighted by Gasteiger charge is -2.07. The van der Waals surface area contributed by atoms with Crippen LogP contribution < -0.4 is 5.32 Å². The van der Waals surface area contributed by atoms with Gasteiger partial charge in [-0.25, -0.2) is 4.98 Å². The fourth-order valence-electron chi connectivity index (χ4n) is 1.98. The van der Waals surface area contributed by atoms with Crippen molar-refractivity contribution in [3.05, 3.63) is 34.2 Å². The summed E-state index contributed by atoms with van der Waals surface area (Å²) in [5.74, 6) is 0. The number of methoxy groups -OCH3 is 1. The monoisotopic (exact) mass is 276 g/mol. The minimum Gasteiger partial charge on any atom is -0.383 e. The molecule has 0 aliphatic heterocycles. The Balaban J connectivity index is 2.20. The van der Waals surface area contributed by atoms with E-state index in [4.69, 9.17) is 4.74 Å². The van der Waals surface area contributed by atoms with E-state index in [1.807, 2.05) is 0 Å². The van der Waals surface area contributed by atoms with Gasteiger partial charge in [-0.2, -0.15) is 0 Å². The fraction of sp³-hybridized carbons (Fsp3) is 0.400. The number of hydrogen-bond donors (Lipinski definition) is 1. The summed E-state index contributed by atoms with van der Waals surface area (Å²) >= 11 is 1.64. The number of aromatic nitrogens is 1. The highest BCUT2D eigenvalue weighted by Gasteiger charge is 2.08. The lowest BCUT2D eigenvalue weighted by Crippen LogP contribution is -2.07. The summed E-state index contributed by atoms with van der Waals surface area (Å²) < 4.78 is 5.02. The van der Waals surface area contributed by atoms with Crippen molar-refractivity contribution in [1.82, 2.24) is 4.98 Å². The Morgan fingerprint density at radius 3 is 2.63 bits per heavy atom. The molecule has 2 rings (SSSR count). The van der Waals surface area contributed by atoms with Crippen molar-refractivity contribution in [2.75, 3.05) is 25.6 Å². The first-order valence-corrected chi connectivity index (χ1v) is 7.26. The SMILES string of the molecule is COCCNc1nc(-c2cc(C)c(C)cc2C)cs1. The molecule has 1 aromatic carbocycles. The number of benzene rings is 1. The lowest BCUT2D eigenvalue weighted by atomic mass is 9.99. The minimum atomic E-state index is 0.692. The molecule has 2 aromatic rings. The molecule has 0 bridgehead atoms. The predicted molar refractivity (Wildman–Crippen MR) is 82.1 cm³/mol. The van der Waals surface area contributed by atoms with Crippen molar-refractivity contribution in [1.29, 1.82) is 0 Å². The normalized spacial score (nSPS) is 10.7. The first-order valence-electron chi connectivity index (χ1n) is 6.38. The van der Waals surface area contributed by atoms with Gasteiger partial charge in [0.15, 0.2) is 5.13 Å². The lowest BCUT2D eigenvalue weighted by molar-refractivity contribution is 0.211. The van der Waals surface area contributed by atoms with Gasteiger partial charge >= 0.3 is 0 Å². The van der Waals surface area contributed by atoms with Crippen LogP contribution >= 0.6 is 11.3 Å². The maximum Gasteiger partial charge on any atom is 0.183 e. The number of nitrogens with one attached hydrogen (secondary N) is 1. The van der Waals surface area contributed by atoms with Gasteiger partial charge in [0.1, 0.15) is 0 Å². The van der Waals surface area contributed by atoms with Crippen molar-refractivity contribution in [3.63, 3.8) is 0 Å². The molecule has 1 N–H and O–H groups in total. The smallest absolute Gasteiger partial charge is 0.183 e. The Kier molecular flexibility index (Phi) is 4.56. The molecule has 0 aliphatic carbocycles. The first-order chi connectivity index (χ1) is 9.11.